The number of rotatable bonds is 5. The summed E-state index contributed by atoms with van der Waals surface area (Å²) in [6.45, 7) is 4.04. The number of hydrogen-bond acceptors (Lipinski definition) is 1. The first kappa shape index (κ1) is 16.3. The molecule has 2 rings (SSSR count). The monoisotopic (exact) mass is 313 g/mol. The van der Waals surface area contributed by atoms with Crippen LogP contribution >= 0.6 is 11.6 Å². The lowest BCUT2D eigenvalue weighted by Crippen LogP contribution is -2.32. The molecule has 0 heterocycles. The lowest BCUT2D eigenvalue weighted by atomic mass is 10.0. The van der Waals surface area contributed by atoms with Crippen molar-refractivity contribution >= 4 is 29.2 Å². The third-order valence-electron chi connectivity index (χ3n) is 3.52. The van der Waals surface area contributed by atoms with E-state index in [-0.39, 0.29) is 11.9 Å². The number of carbonyl (C=O) groups is 1. The molecular weight excluding hydrogens is 294 g/mol. The van der Waals surface area contributed by atoms with Crippen LogP contribution in [0.4, 0.5) is 0 Å². The van der Waals surface area contributed by atoms with Crippen LogP contribution in [-0.2, 0) is 4.79 Å². The van der Waals surface area contributed by atoms with Gasteiger partial charge in [0.25, 0.3) is 5.91 Å². The predicted molar refractivity (Wildman–Crippen MR) is 93.7 cm³/mol. The van der Waals surface area contributed by atoms with E-state index in [9.17, 15) is 4.79 Å². The van der Waals surface area contributed by atoms with Crippen molar-refractivity contribution in [2.24, 2.45) is 0 Å². The normalized spacial score (nSPS) is 12.8. The molecule has 114 valence electrons. The molecule has 1 N–H and O–H groups in total. The van der Waals surface area contributed by atoms with E-state index >= 15 is 0 Å². The number of nitrogens with one attached hydrogen (secondary N) is 1. The maximum Gasteiger partial charge on any atom is 0.252 e. The van der Waals surface area contributed by atoms with E-state index in [2.05, 4.69) is 5.32 Å². The van der Waals surface area contributed by atoms with E-state index in [1.54, 1.807) is 0 Å². The lowest BCUT2D eigenvalue weighted by Gasteiger charge is -2.14. The number of halogens is 1. The highest BCUT2D eigenvalue weighted by Crippen LogP contribution is 2.23. The minimum Gasteiger partial charge on any atom is -0.350 e. The summed E-state index contributed by atoms with van der Waals surface area (Å²) in [5.74, 6) is -0.0829. The third kappa shape index (κ3) is 4.22. The molecule has 0 saturated carbocycles. The molecule has 0 radical (unpaired) electrons. The first-order chi connectivity index (χ1) is 10.6. The van der Waals surface area contributed by atoms with E-state index in [0.29, 0.717) is 10.6 Å². The van der Waals surface area contributed by atoms with Gasteiger partial charge in [0.2, 0.25) is 0 Å². The maximum absolute atomic E-state index is 12.6. The highest BCUT2D eigenvalue weighted by Gasteiger charge is 2.14. The summed E-state index contributed by atoms with van der Waals surface area (Å²) in [7, 11) is 0. The number of carbonyl (C=O) groups excluding carboxylic acids is 1. The van der Waals surface area contributed by atoms with Crippen molar-refractivity contribution in [1.82, 2.24) is 5.32 Å². The van der Waals surface area contributed by atoms with Crippen molar-refractivity contribution in [3.63, 3.8) is 0 Å². The Bertz CT molecular complexity index is 664. The van der Waals surface area contributed by atoms with Crippen molar-refractivity contribution in [2.45, 2.75) is 26.3 Å². The van der Waals surface area contributed by atoms with Gasteiger partial charge in [-0.1, -0.05) is 67.1 Å². The van der Waals surface area contributed by atoms with Gasteiger partial charge in [-0.25, -0.2) is 0 Å². The smallest absolute Gasteiger partial charge is 0.252 e. The SMILES string of the molecule is CC[C@@H](C)NC(=O)/C(=C/c1ccccc1Cl)c1ccccc1. The summed E-state index contributed by atoms with van der Waals surface area (Å²) in [4.78, 5) is 12.6. The molecule has 3 heteroatoms. The summed E-state index contributed by atoms with van der Waals surface area (Å²) in [6.07, 6.45) is 2.73. The van der Waals surface area contributed by atoms with Crippen molar-refractivity contribution in [2.75, 3.05) is 0 Å². The van der Waals surface area contributed by atoms with E-state index < -0.39 is 0 Å². The van der Waals surface area contributed by atoms with E-state index in [0.717, 1.165) is 17.5 Å². The Kier molecular flexibility index (Phi) is 5.79. The standard InChI is InChI=1S/C19H20ClNO/c1-3-14(2)21-19(22)17(15-9-5-4-6-10-15)13-16-11-7-8-12-18(16)20/h4-14H,3H2,1-2H3,(H,21,22)/b17-13+/t14-/m1/s1. The highest BCUT2D eigenvalue weighted by molar-refractivity contribution is 6.33. The second-order valence-electron chi connectivity index (χ2n) is 5.23. The average Bonchev–Trinajstić information content (AvgIpc) is 2.54. The van der Waals surface area contributed by atoms with Crippen LogP contribution < -0.4 is 5.32 Å². The van der Waals surface area contributed by atoms with Gasteiger partial charge in [-0.05, 0) is 36.6 Å². The first-order valence-electron chi connectivity index (χ1n) is 7.44. The maximum atomic E-state index is 12.6. The molecular formula is C19H20ClNO. The molecule has 2 aromatic carbocycles. The number of benzene rings is 2. The largest absolute Gasteiger partial charge is 0.350 e. The van der Waals surface area contributed by atoms with E-state index in [1.165, 1.54) is 0 Å². The fourth-order valence-corrected chi connectivity index (χ4v) is 2.24. The van der Waals surface area contributed by atoms with Crippen LogP contribution in [-0.4, -0.2) is 11.9 Å². The van der Waals surface area contributed by atoms with Gasteiger partial charge >= 0.3 is 0 Å². The molecule has 0 aromatic heterocycles. The highest BCUT2D eigenvalue weighted by atomic mass is 35.5. The zero-order valence-electron chi connectivity index (χ0n) is 12.8. The molecule has 0 aliphatic rings. The fraction of sp³-hybridized carbons (Fsp3) is 0.211. The first-order valence-corrected chi connectivity index (χ1v) is 7.82. The Labute approximate surface area is 136 Å². The van der Waals surface area contributed by atoms with E-state index in [4.69, 9.17) is 11.6 Å². The summed E-state index contributed by atoms with van der Waals surface area (Å²) >= 11 is 6.22. The Hall–Kier alpha value is -2.06. The quantitative estimate of drug-likeness (QED) is 0.623. The molecule has 0 unspecified atom stereocenters. The van der Waals surface area contributed by atoms with Gasteiger partial charge in [0.15, 0.2) is 0 Å². The van der Waals surface area contributed by atoms with Crippen LogP contribution in [0.15, 0.2) is 54.6 Å². The molecule has 22 heavy (non-hydrogen) atoms. The molecule has 2 nitrogen and oxygen atoms in total. The molecule has 0 aliphatic heterocycles. The van der Waals surface area contributed by atoms with Gasteiger partial charge in [0.05, 0.1) is 0 Å². The second kappa shape index (κ2) is 7.81. The van der Waals surface area contributed by atoms with Crippen molar-refractivity contribution in [1.29, 1.82) is 0 Å². The average molecular weight is 314 g/mol. The number of amides is 1. The van der Waals surface area contributed by atoms with Crippen molar-refractivity contribution in [3.8, 4) is 0 Å². The van der Waals surface area contributed by atoms with Crippen molar-refractivity contribution < 1.29 is 4.79 Å². The molecule has 0 fully saturated rings. The Morgan fingerprint density at radius 1 is 1.14 bits per heavy atom. The molecule has 0 saturated heterocycles. The summed E-state index contributed by atoms with van der Waals surface area (Å²) in [5, 5.41) is 3.65. The van der Waals surface area contributed by atoms with Crippen LogP contribution in [0.25, 0.3) is 11.6 Å². The molecule has 1 amide bonds. The van der Waals surface area contributed by atoms with Gasteiger partial charge in [-0.2, -0.15) is 0 Å². The molecule has 0 bridgehead atoms. The van der Waals surface area contributed by atoms with Crippen LogP contribution in [0, 0.1) is 0 Å². The zero-order chi connectivity index (χ0) is 15.9. The Balaban J connectivity index is 2.42. The molecule has 2 aromatic rings. The summed E-state index contributed by atoms with van der Waals surface area (Å²) < 4.78 is 0. The molecule has 1 atom stereocenters. The second-order valence-corrected chi connectivity index (χ2v) is 5.64. The Morgan fingerprint density at radius 2 is 1.77 bits per heavy atom. The molecule has 0 spiro atoms. The lowest BCUT2D eigenvalue weighted by molar-refractivity contribution is -0.116. The van der Waals surface area contributed by atoms with Gasteiger partial charge in [-0.15, -0.1) is 0 Å². The third-order valence-corrected chi connectivity index (χ3v) is 3.87. The minimum absolute atomic E-state index is 0.0829. The van der Waals surface area contributed by atoms with Gasteiger partial charge in [0, 0.05) is 16.6 Å². The minimum atomic E-state index is -0.0829. The summed E-state index contributed by atoms with van der Waals surface area (Å²) in [6, 6.07) is 17.3. The van der Waals surface area contributed by atoms with Crippen molar-refractivity contribution in [3.05, 3.63) is 70.7 Å². The van der Waals surface area contributed by atoms with Crippen LogP contribution in [0.1, 0.15) is 31.4 Å². The van der Waals surface area contributed by atoms with E-state index in [1.807, 2.05) is 74.5 Å². The predicted octanol–water partition coefficient (Wildman–Crippen LogP) is 4.80. The van der Waals surface area contributed by atoms with Gasteiger partial charge in [0.1, 0.15) is 0 Å². The topological polar surface area (TPSA) is 29.1 Å². The van der Waals surface area contributed by atoms with Crippen LogP contribution in [0.2, 0.25) is 5.02 Å². The van der Waals surface area contributed by atoms with Gasteiger partial charge in [-0.3, -0.25) is 4.79 Å². The zero-order valence-corrected chi connectivity index (χ0v) is 13.6. The fourth-order valence-electron chi connectivity index (χ4n) is 2.05. The Morgan fingerprint density at radius 3 is 2.41 bits per heavy atom. The van der Waals surface area contributed by atoms with Gasteiger partial charge < -0.3 is 5.32 Å². The number of hydrogen-bond donors (Lipinski definition) is 1. The van der Waals surface area contributed by atoms with Crippen LogP contribution in [0.3, 0.4) is 0 Å². The summed E-state index contributed by atoms with van der Waals surface area (Å²) in [5.41, 5.74) is 2.33. The molecule has 0 aliphatic carbocycles. The van der Waals surface area contributed by atoms with Crippen LogP contribution in [0.5, 0.6) is 0 Å².